The second kappa shape index (κ2) is 6.77. The monoisotopic (exact) mass is 368 g/mol. The summed E-state index contributed by atoms with van der Waals surface area (Å²) in [5.74, 6) is 0. The summed E-state index contributed by atoms with van der Waals surface area (Å²) in [6.07, 6.45) is 0. The van der Waals surface area contributed by atoms with E-state index in [1.165, 1.54) is 12.1 Å². The van der Waals surface area contributed by atoms with Gasteiger partial charge in [-0.15, -0.1) is 0 Å². The number of anilines is 2. The Hall–Kier alpha value is -1.14. The fourth-order valence-corrected chi connectivity index (χ4v) is 3.72. The summed E-state index contributed by atoms with van der Waals surface area (Å²) in [7, 11) is -9.74. The Balaban J connectivity index is 0.00000264. The molecule has 0 aliphatic carbocycles. The van der Waals surface area contributed by atoms with E-state index < -0.39 is 41.4 Å². The number of hydrogen-bond acceptors (Lipinski definition) is 6. The summed E-state index contributed by atoms with van der Waals surface area (Å²) in [6, 6.07) is 8.94. The molecule has 0 aliphatic heterocycles. The van der Waals surface area contributed by atoms with Crippen LogP contribution in [-0.2, 0) is 20.2 Å². The Morgan fingerprint density at radius 1 is 0.826 bits per heavy atom. The third-order valence-electron chi connectivity index (χ3n) is 2.90. The van der Waals surface area contributed by atoms with Gasteiger partial charge < -0.3 is 11.5 Å². The van der Waals surface area contributed by atoms with Gasteiger partial charge in [-0.25, -0.2) is 0 Å². The summed E-state index contributed by atoms with van der Waals surface area (Å²) >= 11 is 0. The van der Waals surface area contributed by atoms with E-state index >= 15 is 0 Å². The minimum absolute atomic E-state index is 0. The van der Waals surface area contributed by atoms with Crippen molar-refractivity contribution in [1.82, 2.24) is 0 Å². The molecular weight excluding hydrogens is 355 g/mol. The van der Waals surface area contributed by atoms with Gasteiger partial charge in [0.1, 0.15) is 9.79 Å². The van der Waals surface area contributed by atoms with Crippen LogP contribution < -0.4 is 11.5 Å². The van der Waals surface area contributed by atoms with Crippen LogP contribution in [-0.4, -0.2) is 55.5 Å². The van der Waals surface area contributed by atoms with Gasteiger partial charge in [0.15, 0.2) is 0 Å². The van der Waals surface area contributed by atoms with Crippen molar-refractivity contribution in [2.75, 3.05) is 11.5 Å². The molecule has 0 fully saturated rings. The van der Waals surface area contributed by atoms with Crippen LogP contribution in [0.1, 0.15) is 0 Å². The molecule has 0 aromatic heterocycles. The number of rotatable bonds is 3. The zero-order valence-corrected chi connectivity index (χ0v) is 12.6. The quantitative estimate of drug-likeness (QED) is 0.343. The van der Waals surface area contributed by atoms with Gasteiger partial charge in [-0.3, -0.25) is 9.11 Å². The van der Waals surface area contributed by atoms with Crippen molar-refractivity contribution in [2.24, 2.45) is 0 Å². The molecule has 0 atom stereocenters. The predicted octanol–water partition coefficient (Wildman–Crippen LogP) is 0.363. The van der Waals surface area contributed by atoms with E-state index in [1.807, 2.05) is 0 Å². The van der Waals surface area contributed by atoms with Gasteiger partial charge in [-0.2, -0.15) is 16.8 Å². The average molecular weight is 368 g/mol. The Morgan fingerprint density at radius 3 is 1.74 bits per heavy atom. The van der Waals surface area contributed by atoms with Crippen LogP contribution in [0.15, 0.2) is 46.2 Å². The zero-order chi connectivity index (χ0) is 16.7. The molecule has 0 spiro atoms. The number of hydrogen-bond donors (Lipinski definition) is 4. The molecule has 0 saturated carbocycles. The molecule has 0 heterocycles. The topological polar surface area (TPSA) is 161 Å². The second-order valence-electron chi connectivity index (χ2n) is 4.40. The fraction of sp³-hybridized carbons (Fsp3) is 0. The molecular formula is C12H13N2NaO6S2. The molecule has 0 bridgehead atoms. The first-order chi connectivity index (χ1) is 10.0. The third kappa shape index (κ3) is 4.04. The minimum atomic E-state index is -4.87. The molecule has 0 amide bonds. The van der Waals surface area contributed by atoms with E-state index in [-0.39, 0.29) is 35.1 Å². The number of nitrogens with two attached hydrogens (primary N) is 2. The van der Waals surface area contributed by atoms with Crippen molar-refractivity contribution in [3.05, 3.63) is 36.4 Å². The van der Waals surface area contributed by atoms with Crippen LogP contribution in [0.4, 0.5) is 11.4 Å². The van der Waals surface area contributed by atoms with Gasteiger partial charge in [0.05, 0.1) is 11.4 Å². The molecule has 2 rings (SSSR count). The molecule has 11 heteroatoms. The van der Waals surface area contributed by atoms with E-state index in [9.17, 15) is 21.4 Å². The first-order valence-electron chi connectivity index (χ1n) is 5.76. The molecule has 0 radical (unpaired) electrons. The number of nitrogen functional groups attached to an aromatic ring is 2. The van der Waals surface area contributed by atoms with Crippen LogP contribution in [0.3, 0.4) is 0 Å². The summed E-state index contributed by atoms with van der Waals surface area (Å²) in [6.45, 7) is 0. The first kappa shape index (κ1) is 19.9. The van der Waals surface area contributed by atoms with E-state index in [2.05, 4.69) is 0 Å². The summed E-state index contributed by atoms with van der Waals surface area (Å²) in [5.41, 5.74) is 10.1. The van der Waals surface area contributed by atoms with Crippen molar-refractivity contribution < 1.29 is 25.9 Å². The van der Waals surface area contributed by atoms with Gasteiger partial charge in [-0.05, 0) is 11.6 Å². The Bertz CT molecular complexity index is 943. The Kier molecular flexibility index (Phi) is 5.86. The SMILES string of the molecule is Nc1cc(-c2ccccc2)c(S(=O)(=O)O)c(N)c1S(=O)(=O)O.[NaH]. The molecule has 0 aliphatic rings. The maximum absolute atomic E-state index is 11.6. The van der Waals surface area contributed by atoms with Gasteiger partial charge in [-0.1, -0.05) is 30.3 Å². The van der Waals surface area contributed by atoms with Crippen molar-refractivity contribution in [2.45, 2.75) is 9.79 Å². The molecule has 8 nitrogen and oxygen atoms in total. The third-order valence-corrected chi connectivity index (χ3v) is 4.82. The summed E-state index contributed by atoms with van der Waals surface area (Å²) in [4.78, 5) is -1.79. The molecule has 6 N–H and O–H groups in total. The van der Waals surface area contributed by atoms with Crippen molar-refractivity contribution in [3.8, 4) is 11.1 Å². The Morgan fingerprint density at radius 2 is 1.30 bits per heavy atom. The van der Waals surface area contributed by atoms with Gasteiger partial charge >= 0.3 is 29.6 Å². The van der Waals surface area contributed by atoms with E-state index in [1.54, 1.807) is 18.2 Å². The molecule has 0 saturated heterocycles. The van der Waals surface area contributed by atoms with Crippen molar-refractivity contribution in [1.29, 1.82) is 0 Å². The first-order valence-corrected chi connectivity index (χ1v) is 8.64. The molecule has 23 heavy (non-hydrogen) atoms. The van der Waals surface area contributed by atoms with Crippen LogP contribution in [0.2, 0.25) is 0 Å². The zero-order valence-electron chi connectivity index (χ0n) is 11.0. The second-order valence-corrected chi connectivity index (χ2v) is 7.12. The van der Waals surface area contributed by atoms with Crippen LogP contribution in [0, 0.1) is 0 Å². The normalized spacial score (nSPS) is 11.7. The van der Waals surface area contributed by atoms with Gasteiger partial charge in [0, 0.05) is 5.56 Å². The van der Waals surface area contributed by atoms with Crippen molar-refractivity contribution >= 4 is 61.2 Å². The number of benzene rings is 2. The van der Waals surface area contributed by atoms with Gasteiger partial charge in [0.2, 0.25) is 0 Å². The average Bonchev–Trinajstić information content (AvgIpc) is 2.35. The fourth-order valence-electron chi connectivity index (χ4n) is 2.09. The molecule has 2 aromatic rings. The predicted molar refractivity (Wildman–Crippen MR) is 87.5 cm³/mol. The molecule has 120 valence electrons. The van der Waals surface area contributed by atoms with Gasteiger partial charge in [0.25, 0.3) is 20.2 Å². The summed E-state index contributed by atoms with van der Waals surface area (Å²) < 4.78 is 64.3. The van der Waals surface area contributed by atoms with E-state index in [0.717, 1.165) is 6.07 Å². The van der Waals surface area contributed by atoms with Crippen LogP contribution in [0.5, 0.6) is 0 Å². The molecule has 2 aromatic carbocycles. The molecule has 0 unspecified atom stereocenters. The van der Waals surface area contributed by atoms with E-state index in [4.69, 9.17) is 16.0 Å². The van der Waals surface area contributed by atoms with Crippen LogP contribution in [0.25, 0.3) is 11.1 Å². The van der Waals surface area contributed by atoms with Crippen LogP contribution >= 0.6 is 0 Å². The Labute approximate surface area is 155 Å². The standard InChI is InChI=1S/C12H12N2O6S2.Na.H/c13-9-6-8(7-4-2-1-3-5-7)11(21(15,16)17)10(14)12(9)22(18,19)20;;/h1-6H,13-14H2,(H,15,16,17)(H,18,19,20);;. The van der Waals surface area contributed by atoms with E-state index in [0.29, 0.717) is 5.56 Å². The summed E-state index contributed by atoms with van der Waals surface area (Å²) in [5, 5.41) is 0. The maximum atomic E-state index is 11.6. The van der Waals surface area contributed by atoms with Crippen molar-refractivity contribution in [3.63, 3.8) is 0 Å².